The summed E-state index contributed by atoms with van der Waals surface area (Å²) in [5, 5.41) is 0. The monoisotopic (exact) mass is 242 g/mol. The van der Waals surface area contributed by atoms with Gasteiger partial charge in [0.25, 0.3) is 0 Å². The highest BCUT2D eigenvalue weighted by molar-refractivity contribution is 5.88. The van der Waals surface area contributed by atoms with Gasteiger partial charge in [-0.15, -0.1) is 0 Å². The molecule has 1 N–H and O–H groups in total. The predicted molar refractivity (Wildman–Crippen MR) is 69.7 cm³/mol. The van der Waals surface area contributed by atoms with Crippen LogP contribution in [0.15, 0.2) is 42.9 Å². The summed E-state index contributed by atoms with van der Waals surface area (Å²) in [4.78, 5) is 18.3. The Morgan fingerprint density at radius 2 is 2.28 bits per heavy atom. The zero-order valence-electron chi connectivity index (χ0n) is 10.1. The van der Waals surface area contributed by atoms with Crippen molar-refractivity contribution < 1.29 is 9.53 Å². The van der Waals surface area contributed by atoms with Crippen molar-refractivity contribution in [2.24, 2.45) is 0 Å². The first kappa shape index (κ1) is 12.1. The molecule has 0 aliphatic rings. The van der Waals surface area contributed by atoms with Gasteiger partial charge in [0.05, 0.1) is 24.8 Å². The molecule has 0 unspecified atom stereocenters. The van der Waals surface area contributed by atoms with Crippen molar-refractivity contribution in [3.63, 3.8) is 0 Å². The van der Waals surface area contributed by atoms with Crippen molar-refractivity contribution in [1.82, 2.24) is 9.97 Å². The molecule has 92 valence electrons. The summed E-state index contributed by atoms with van der Waals surface area (Å²) in [6, 6.07) is 7.77. The highest BCUT2D eigenvalue weighted by Gasteiger charge is 2.03. The fourth-order valence-corrected chi connectivity index (χ4v) is 1.64. The van der Waals surface area contributed by atoms with Crippen molar-refractivity contribution in [2.45, 2.75) is 6.92 Å². The number of H-pyrrole nitrogens is 1. The Kier molecular flexibility index (Phi) is 3.91. The molecule has 0 aliphatic heterocycles. The van der Waals surface area contributed by atoms with Crippen LogP contribution in [0.1, 0.15) is 12.5 Å². The number of aromatic nitrogens is 2. The van der Waals surface area contributed by atoms with E-state index in [1.807, 2.05) is 24.3 Å². The van der Waals surface area contributed by atoms with Gasteiger partial charge in [0, 0.05) is 11.6 Å². The van der Waals surface area contributed by atoms with E-state index in [4.69, 9.17) is 4.74 Å². The molecule has 4 heteroatoms. The van der Waals surface area contributed by atoms with Crippen LogP contribution < -0.4 is 0 Å². The van der Waals surface area contributed by atoms with Crippen LogP contribution in [0.3, 0.4) is 0 Å². The van der Waals surface area contributed by atoms with Gasteiger partial charge in [0.15, 0.2) is 0 Å². The molecule has 1 aromatic carbocycles. The molecular formula is C14H14N2O2. The van der Waals surface area contributed by atoms with Crippen LogP contribution in [0.5, 0.6) is 0 Å². The van der Waals surface area contributed by atoms with Crippen LogP contribution >= 0.6 is 0 Å². The molecule has 0 fully saturated rings. The van der Waals surface area contributed by atoms with E-state index in [1.54, 1.807) is 25.5 Å². The number of hydrogen-bond acceptors (Lipinski definition) is 3. The Bertz CT molecular complexity index is 545. The number of esters is 1. The second kappa shape index (κ2) is 5.82. The number of aromatic amines is 1. The van der Waals surface area contributed by atoms with E-state index in [-0.39, 0.29) is 5.97 Å². The van der Waals surface area contributed by atoms with E-state index in [0.717, 1.165) is 16.8 Å². The van der Waals surface area contributed by atoms with Crippen molar-refractivity contribution in [2.75, 3.05) is 6.61 Å². The van der Waals surface area contributed by atoms with Crippen molar-refractivity contribution in [1.29, 1.82) is 0 Å². The summed E-state index contributed by atoms with van der Waals surface area (Å²) in [5.74, 6) is -0.336. The number of hydrogen-bond donors (Lipinski definition) is 1. The molecule has 0 saturated heterocycles. The maximum atomic E-state index is 11.3. The van der Waals surface area contributed by atoms with E-state index in [2.05, 4.69) is 9.97 Å². The maximum Gasteiger partial charge on any atom is 0.330 e. The van der Waals surface area contributed by atoms with Gasteiger partial charge in [0.2, 0.25) is 0 Å². The molecule has 0 bridgehead atoms. The Morgan fingerprint density at radius 1 is 1.44 bits per heavy atom. The minimum absolute atomic E-state index is 0.336. The number of carbonyl (C=O) groups is 1. The van der Waals surface area contributed by atoms with Gasteiger partial charge in [0.1, 0.15) is 0 Å². The number of ether oxygens (including phenoxy) is 1. The van der Waals surface area contributed by atoms with Crippen LogP contribution in [-0.2, 0) is 9.53 Å². The third-order valence-corrected chi connectivity index (χ3v) is 2.43. The topological polar surface area (TPSA) is 55.0 Å². The SMILES string of the molecule is CCOC(=O)/C=C/c1ccccc1-c1cnc[nH]1. The van der Waals surface area contributed by atoms with Gasteiger partial charge in [-0.05, 0) is 18.6 Å². The highest BCUT2D eigenvalue weighted by Crippen LogP contribution is 2.22. The Labute approximate surface area is 105 Å². The summed E-state index contributed by atoms with van der Waals surface area (Å²) in [6.07, 6.45) is 6.55. The van der Waals surface area contributed by atoms with Crippen LogP contribution in [0.4, 0.5) is 0 Å². The predicted octanol–water partition coefficient (Wildman–Crippen LogP) is 2.65. The van der Waals surface area contributed by atoms with E-state index in [9.17, 15) is 4.79 Å². The summed E-state index contributed by atoms with van der Waals surface area (Å²) >= 11 is 0. The Morgan fingerprint density at radius 3 is 3.00 bits per heavy atom. The number of benzene rings is 1. The minimum atomic E-state index is -0.336. The molecule has 0 atom stereocenters. The number of nitrogens with zero attached hydrogens (tertiary/aromatic N) is 1. The Balaban J connectivity index is 2.26. The van der Waals surface area contributed by atoms with E-state index in [1.165, 1.54) is 6.08 Å². The average molecular weight is 242 g/mol. The highest BCUT2D eigenvalue weighted by atomic mass is 16.5. The molecule has 0 saturated carbocycles. The summed E-state index contributed by atoms with van der Waals surface area (Å²) in [6.45, 7) is 2.16. The smallest absolute Gasteiger partial charge is 0.330 e. The van der Waals surface area contributed by atoms with Gasteiger partial charge >= 0.3 is 5.97 Å². The lowest BCUT2D eigenvalue weighted by molar-refractivity contribution is -0.137. The molecule has 4 nitrogen and oxygen atoms in total. The van der Waals surface area contributed by atoms with Gasteiger partial charge in [-0.2, -0.15) is 0 Å². The van der Waals surface area contributed by atoms with Gasteiger partial charge in [-0.25, -0.2) is 9.78 Å². The van der Waals surface area contributed by atoms with Crippen molar-refractivity contribution in [3.05, 3.63) is 48.4 Å². The van der Waals surface area contributed by atoms with E-state index in [0.29, 0.717) is 6.61 Å². The third kappa shape index (κ3) is 2.85. The molecule has 0 radical (unpaired) electrons. The first-order valence-corrected chi connectivity index (χ1v) is 5.74. The number of imidazole rings is 1. The molecular weight excluding hydrogens is 228 g/mol. The normalized spacial score (nSPS) is 10.7. The first-order valence-electron chi connectivity index (χ1n) is 5.74. The molecule has 1 aromatic heterocycles. The first-order chi connectivity index (χ1) is 8.81. The zero-order valence-corrected chi connectivity index (χ0v) is 10.1. The summed E-state index contributed by atoms with van der Waals surface area (Å²) in [5.41, 5.74) is 2.85. The zero-order chi connectivity index (χ0) is 12.8. The largest absolute Gasteiger partial charge is 0.463 e. The molecule has 1 heterocycles. The molecule has 2 aromatic rings. The lowest BCUT2D eigenvalue weighted by atomic mass is 10.0. The van der Waals surface area contributed by atoms with Crippen LogP contribution in [0, 0.1) is 0 Å². The maximum absolute atomic E-state index is 11.3. The van der Waals surface area contributed by atoms with Crippen LogP contribution in [0.25, 0.3) is 17.3 Å². The Hall–Kier alpha value is -2.36. The second-order valence-corrected chi connectivity index (χ2v) is 3.64. The second-order valence-electron chi connectivity index (χ2n) is 3.64. The molecule has 18 heavy (non-hydrogen) atoms. The number of carbonyl (C=O) groups excluding carboxylic acids is 1. The molecule has 2 rings (SSSR count). The molecule has 0 aliphatic carbocycles. The van der Waals surface area contributed by atoms with Gasteiger partial charge < -0.3 is 9.72 Å². The van der Waals surface area contributed by atoms with Gasteiger partial charge in [-0.1, -0.05) is 24.3 Å². The summed E-state index contributed by atoms with van der Waals surface area (Å²) in [7, 11) is 0. The van der Waals surface area contributed by atoms with Crippen molar-refractivity contribution >= 4 is 12.0 Å². The molecule has 0 amide bonds. The number of rotatable bonds is 4. The average Bonchev–Trinajstić information content (AvgIpc) is 2.91. The minimum Gasteiger partial charge on any atom is -0.463 e. The fraction of sp³-hybridized carbons (Fsp3) is 0.143. The van der Waals surface area contributed by atoms with E-state index < -0.39 is 0 Å². The van der Waals surface area contributed by atoms with E-state index >= 15 is 0 Å². The quantitative estimate of drug-likeness (QED) is 0.662. The third-order valence-electron chi connectivity index (χ3n) is 2.43. The lowest BCUT2D eigenvalue weighted by Crippen LogP contribution is -1.98. The van der Waals surface area contributed by atoms with Crippen LogP contribution in [0.2, 0.25) is 0 Å². The number of nitrogens with one attached hydrogen (secondary N) is 1. The summed E-state index contributed by atoms with van der Waals surface area (Å²) < 4.78 is 4.85. The molecule has 0 spiro atoms. The standard InChI is InChI=1S/C14H14N2O2/c1-2-18-14(17)8-7-11-5-3-4-6-12(11)13-9-15-10-16-13/h3-10H,2H2,1H3,(H,15,16)/b8-7+. The van der Waals surface area contributed by atoms with Crippen LogP contribution in [-0.4, -0.2) is 22.5 Å². The van der Waals surface area contributed by atoms with Gasteiger partial charge in [-0.3, -0.25) is 0 Å². The lowest BCUT2D eigenvalue weighted by Gasteiger charge is -2.03. The van der Waals surface area contributed by atoms with Crippen molar-refractivity contribution in [3.8, 4) is 11.3 Å². The fourth-order valence-electron chi connectivity index (χ4n) is 1.64.